The summed E-state index contributed by atoms with van der Waals surface area (Å²) in [5.41, 5.74) is 1.44. The first-order chi connectivity index (χ1) is 13.0. The van der Waals surface area contributed by atoms with Crippen LogP contribution in [0, 0.1) is 3.57 Å². The van der Waals surface area contributed by atoms with Gasteiger partial charge in [-0.25, -0.2) is 0 Å². The van der Waals surface area contributed by atoms with E-state index in [9.17, 15) is 14.7 Å². The Morgan fingerprint density at radius 1 is 1.11 bits per heavy atom. The Morgan fingerprint density at radius 3 is 2.41 bits per heavy atom. The van der Waals surface area contributed by atoms with Gasteiger partial charge in [0.1, 0.15) is 5.76 Å². The first-order valence-corrected chi connectivity index (χ1v) is 9.70. The number of Topliss-reactive ketones (excluding diaryl/α,β-unsaturated/α-hetero) is 1. The van der Waals surface area contributed by atoms with Gasteiger partial charge in [-0.1, -0.05) is 42.5 Å². The molecule has 0 spiro atoms. The third kappa shape index (κ3) is 4.06. The highest BCUT2D eigenvalue weighted by Crippen LogP contribution is 2.39. The van der Waals surface area contributed by atoms with Gasteiger partial charge >= 0.3 is 0 Å². The predicted octanol–water partition coefficient (Wildman–Crippen LogP) is 3.75. The van der Waals surface area contributed by atoms with Gasteiger partial charge in [0, 0.05) is 29.4 Å². The zero-order valence-corrected chi connectivity index (χ0v) is 17.0. The van der Waals surface area contributed by atoms with Crippen LogP contribution < -0.4 is 0 Å². The minimum absolute atomic E-state index is 0.129. The van der Waals surface area contributed by atoms with E-state index in [0.717, 1.165) is 9.13 Å². The Morgan fingerprint density at radius 2 is 1.78 bits per heavy atom. The number of carbonyl (C=O) groups is 2. The molecule has 3 rings (SSSR count). The maximum Gasteiger partial charge on any atom is 0.295 e. The van der Waals surface area contributed by atoms with Crippen LogP contribution in [0.4, 0.5) is 0 Å². The monoisotopic (exact) mass is 477 g/mol. The summed E-state index contributed by atoms with van der Waals surface area (Å²) in [5.74, 6) is -1.39. The van der Waals surface area contributed by atoms with Gasteiger partial charge in [-0.3, -0.25) is 9.59 Å². The van der Waals surface area contributed by atoms with Crippen molar-refractivity contribution in [2.45, 2.75) is 12.5 Å². The minimum atomic E-state index is -0.655. The average molecular weight is 477 g/mol. The van der Waals surface area contributed by atoms with Crippen LogP contribution in [-0.4, -0.2) is 42.0 Å². The summed E-state index contributed by atoms with van der Waals surface area (Å²) in [4.78, 5) is 27.0. The summed E-state index contributed by atoms with van der Waals surface area (Å²) < 4.78 is 6.13. The summed E-state index contributed by atoms with van der Waals surface area (Å²) in [6, 6.07) is 15.8. The molecule has 2 aromatic carbocycles. The molecule has 1 amide bonds. The van der Waals surface area contributed by atoms with E-state index >= 15 is 0 Å². The van der Waals surface area contributed by atoms with Crippen molar-refractivity contribution >= 4 is 40.0 Å². The van der Waals surface area contributed by atoms with Crippen molar-refractivity contribution in [2.24, 2.45) is 0 Å². The number of ketones is 1. The van der Waals surface area contributed by atoms with Crippen molar-refractivity contribution in [1.29, 1.82) is 0 Å². The number of amides is 1. The number of carbonyl (C=O) groups excluding carboxylic acids is 2. The second-order valence-corrected chi connectivity index (χ2v) is 7.50. The highest BCUT2D eigenvalue weighted by molar-refractivity contribution is 14.1. The topological polar surface area (TPSA) is 66.8 Å². The van der Waals surface area contributed by atoms with E-state index in [2.05, 4.69) is 22.6 Å². The molecule has 1 heterocycles. The molecule has 0 bridgehead atoms. The maximum absolute atomic E-state index is 12.8. The third-order valence-corrected chi connectivity index (χ3v) is 5.24. The van der Waals surface area contributed by atoms with Gasteiger partial charge in [-0.15, -0.1) is 0 Å². The molecule has 0 radical (unpaired) electrons. The van der Waals surface area contributed by atoms with Crippen LogP contribution in [0.15, 0.2) is 60.2 Å². The molecule has 1 aliphatic rings. The van der Waals surface area contributed by atoms with E-state index in [1.54, 1.807) is 31.4 Å². The van der Waals surface area contributed by atoms with Crippen LogP contribution in [0.3, 0.4) is 0 Å². The van der Waals surface area contributed by atoms with Gasteiger partial charge in [0.15, 0.2) is 0 Å². The molecule has 1 N–H and O–H groups in total. The third-order valence-electron chi connectivity index (χ3n) is 4.52. The molecule has 0 aromatic heterocycles. The summed E-state index contributed by atoms with van der Waals surface area (Å²) in [7, 11) is 1.60. The number of methoxy groups -OCH3 is 1. The van der Waals surface area contributed by atoms with Gasteiger partial charge in [-0.05, 0) is 46.7 Å². The molecule has 0 saturated carbocycles. The second kappa shape index (κ2) is 8.67. The van der Waals surface area contributed by atoms with Gasteiger partial charge in [0.2, 0.25) is 0 Å². The fourth-order valence-electron chi connectivity index (χ4n) is 3.23. The Labute approximate surface area is 171 Å². The molecule has 5 nitrogen and oxygen atoms in total. The van der Waals surface area contributed by atoms with E-state index in [1.165, 1.54) is 4.90 Å². The average Bonchev–Trinajstić information content (AvgIpc) is 2.94. The molecule has 140 valence electrons. The van der Waals surface area contributed by atoms with E-state index in [0.29, 0.717) is 25.1 Å². The van der Waals surface area contributed by atoms with Crippen molar-refractivity contribution in [1.82, 2.24) is 4.90 Å². The quantitative estimate of drug-likeness (QED) is 0.226. The Bertz CT molecular complexity index is 862. The number of rotatable bonds is 6. The van der Waals surface area contributed by atoms with Crippen LogP contribution in [0.2, 0.25) is 0 Å². The number of hydrogen-bond acceptors (Lipinski definition) is 4. The number of aliphatic hydroxyl groups is 1. The fraction of sp³-hybridized carbons (Fsp3) is 0.238. The van der Waals surface area contributed by atoms with Gasteiger partial charge in [0.25, 0.3) is 11.7 Å². The molecule has 2 aromatic rings. The lowest BCUT2D eigenvalue weighted by molar-refractivity contribution is -0.140. The van der Waals surface area contributed by atoms with Crippen LogP contribution in [0.5, 0.6) is 0 Å². The number of halogens is 1. The van der Waals surface area contributed by atoms with Crippen molar-refractivity contribution in [3.05, 3.63) is 74.9 Å². The first kappa shape index (κ1) is 19.6. The zero-order chi connectivity index (χ0) is 19.4. The number of benzene rings is 2. The molecule has 27 heavy (non-hydrogen) atoms. The number of ether oxygens (including phenoxy) is 1. The Hall–Kier alpha value is -2.19. The largest absolute Gasteiger partial charge is 0.507 e. The maximum atomic E-state index is 12.8. The van der Waals surface area contributed by atoms with Crippen molar-refractivity contribution in [3.63, 3.8) is 0 Å². The lowest BCUT2D eigenvalue weighted by atomic mass is 9.95. The SMILES string of the molecule is COCCCN1C(=O)C(=O)C(=C(O)c2ccccc2)[C@@H]1c1ccc(I)cc1. The zero-order valence-electron chi connectivity index (χ0n) is 14.9. The van der Waals surface area contributed by atoms with Crippen molar-refractivity contribution in [2.75, 3.05) is 20.3 Å². The summed E-state index contributed by atoms with van der Waals surface area (Å²) >= 11 is 2.20. The standard InChI is InChI=1S/C21H20INO4/c1-27-13-5-12-23-18(14-8-10-16(22)11-9-14)17(20(25)21(23)26)19(24)15-6-3-2-4-7-15/h2-4,6-11,18,24H,5,12-13H2,1H3/t18-/m0/s1. The lowest BCUT2D eigenvalue weighted by Crippen LogP contribution is -2.31. The number of aliphatic hydroxyl groups excluding tert-OH is 1. The molecule has 1 saturated heterocycles. The molecule has 0 aliphatic carbocycles. The normalized spacial score (nSPS) is 18.9. The Kier molecular flexibility index (Phi) is 6.28. The molecule has 6 heteroatoms. The van der Waals surface area contributed by atoms with Crippen LogP contribution in [0.1, 0.15) is 23.6 Å². The molecular weight excluding hydrogens is 457 g/mol. The van der Waals surface area contributed by atoms with Gasteiger partial charge in [0.05, 0.1) is 11.6 Å². The van der Waals surface area contributed by atoms with E-state index in [4.69, 9.17) is 4.74 Å². The fourth-order valence-corrected chi connectivity index (χ4v) is 3.59. The minimum Gasteiger partial charge on any atom is -0.507 e. The van der Waals surface area contributed by atoms with Crippen LogP contribution >= 0.6 is 22.6 Å². The number of likely N-dealkylation sites (tertiary alicyclic amines) is 1. The molecule has 1 aliphatic heterocycles. The molecular formula is C21H20INO4. The predicted molar refractivity (Wildman–Crippen MR) is 111 cm³/mol. The lowest BCUT2D eigenvalue weighted by Gasteiger charge is -2.25. The number of hydrogen-bond donors (Lipinski definition) is 1. The summed E-state index contributed by atoms with van der Waals surface area (Å²) in [6.07, 6.45) is 0.607. The van der Waals surface area contributed by atoms with E-state index < -0.39 is 17.7 Å². The highest BCUT2D eigenvalue weighted by Gasteiger charge is 2.45. The van der Waals surface area contributed by atoms with Crippen molar-refractivity contribution in [3.8, 4) is 0 Å². The first-order valence-electron chi connectivity index (χ1n) is 8.63. The van der Waals surface area contributed by atoms with Gasteiger partial charge in [-0.2, -0.15) is 0 Å². The second-order valence-electron chi connectivity index (χ2n) is 6.26. The molecule has 1 fully saturated rings. The van der Waals surface area contributed by atoms with E-state index in [1.807, 2.05) is 30.3 Å². The van der Waals surface area contributed by atoms with Crippen LogP contribution in [-0.2, 0) is 14.3 Å². The highest BCUT2D eigenvalue weighted by atomic mass is 127. The molecule has 0 unspecified atom stereocenters. The summed E-state index contributed by atoms with van der Waals surface area (Å²) in [5, 5.41) is 10.8. The van der Waals surface area contributed by atoms with Crippen LogP contribution in [0.25, 0.3) is 5.76 Å². The van der Waals surface area contributed by atoms with Crippen molar-refractivity contribution < 1.29 is 19.4 Å². The Balaban J connectivity index is 2.10. The smallest absolute Gasteiger partial charge is 0.295 e. The van der Waals surface area contributed by atoms with E-state index in [-0.39, 0.29) is 11.3 Å². The summed E-state index contributed by atoms with van der Waals surface area (Å²) in [6.45, 7) is 0.863. The number of nitrogens with zero attached hydrogens (tertiary/aromatic N) is 1. The molecule has 1 atom stereocenters. The van der Waals surface area contributed by atoms with Gasteiger partial charge < -0.3 is 14.7 Å².